The smallest absolute Gasteiger partial charge is 0.123 e. The Hall–Kier alpha value is -0.890. The minimum atomic E-state index is -0.148. The van der Waals surface area contributed by atoms with E-state index in [4.69, 9.17) is 0 Å². The molecule has 0 saturated heterocycles. The Bertz CT molecular complexity index is 347. The quantitative estimate of drug-likeness (QED) is 0.791. The number of halogens is 1. The zero-order valence-corrected chi connectivity index (χ0v) is 11.4. The highest BCUT2D eigenvalue weighted by Crippen LogP contribution is 2.28. The average Bonchev–Trinajstić information content (AvgIpc) is 2.26. The van der Waals surface area contributed by atoms with Crippen LogP contribution in [0, 0.1) is 5.82 Å². The first-order chi connectivity index (χ1) is 7.95. The molecule has 0 aromatic heterocycles. The molecule has 0 fully saturated rings. The Kier molecular flexibility index (Phi) is 5.13. The fourth-order valence-electron chi connectivity index (χ4n) is 2.26. The molecule has 0 bridgehead atoms. The van der Waals surface area contributed by atoms with Crippen LogP contribution in [0.4, 0.5) is 4.39 Å². The van der Waals surface area contributed by atoms with Gasteiger partial charge in [0.05, 0.1) is 0 Å². The number of nitrogens with one attached hydrogen (secondary N) is 1. The van der Waals surface area contributed by atoms with E-state index in [9.17, 15) is 4.39 Å². The Morgan fingerprint density at radius 3 is 2.65 bits per heavy atom. The zero-order valence-electron chi connectivity index (χ0n) is 11.4. The van der Waals surface area contributed by atoms with E-state index in [-0.39, 0.29) is 11.2 Å². The molecule has 1 N–H and O–H groups in total. The molecule has 1 unspecified atom stereocenters. The molecule has 0 aliphatic rings. The lowest BCUT2D eigenvalue weighted by atomic mass is 9.79. The van der Waals surface area contributed by atoms with Gasteiger partial charge in [-0.25, -0.2) is 4.39 Å². The van der Waals surface area contributed by atoms with Gasteiger partial charge in [0.15, 0.2) is 0 Å². The first-order valence-electron chi connectivity index (χ1n) is 6.45. The van der Waals surface area contributed by atoms with Gasteiger partial charge in [-0.2, -0.15) is 0 Å². The fraction of sp³-hybridized carbons (Fsp3) is 0.600. The van der Waals surface area contributed by atoms with Gasteiger partial charge in [-0.1, -0.05) is 32.9 Å². The molecular formula is C15H24FN. The first-order valence-corrected chi connectivity index (χ1v) is 6.45. The van der Waals surface area contributed by atoms with E-state index in [1.807, 2.05) is 6.07 Å². The van der Waals surface area contributed by atoms with Crippen LogP contribution in [0.3, 0.4) is 0 Å². The second kappa shape index (κ2) is 6.15. The standard InChI is InChI=1S/C15H24FN/c1-5-9-17-12(2)11-15(3,4)13-7-6-8-14(16)10-13/h6-8,10,12,17H,5,9,11H2,1-4H3. The third-order valence-electron chi connectivity index (χ3n) is 3.17. The summed E-state index contributed by atoms with van der Waals surface area (Å²) in [5, 5.41) is 3.48. The first kappa shape index (κ1) is 14.2. The summed E-state index contributed by atoms with van der Waals surface area (Å²) in [6, 6.07) is 7.39. The van der Waals surface area contributed by atoms with Crippen molar-refractivity contribution in [2.45, 2.75) is 52.0 Å². The molecule has 1 aromatic rings. The maximum Gasteiger partial charge on any atom is 0.123 e. The summed E-state index contributed by atoms with van der Waals surface area (Å²) in [4.78, 5) is 0. The summed E-state index contributed by atoms with van der Waals surface area (Å²) in [5.74, 6) is -0.148. The van der Waals surface area contributed by atoms with Crippen LogP contribution >= 0.6 is 0 Å². The third-order valence-corrected chi connectivity index (χ3v) is 3.17. The van der Waals surface area contributed by atoms with E-state index in [0.717, 1.165) is 24.9 Å². The van der Waals surface area contributed by atoms with Crippen LogP contribution in [0.2, 0.25) is 0 Å². The summed E-state index contributed by atoms with van der Waals surface area (Å²) in [7, 11) is 0. The van der Waals surface area contributed by atoms with Crippen molar-refractivity contribution in [1.29, 1.82) is 0 Å². The number of benzene rings is 1. The van der Waals surface area contributed by atoms with E-state index < -0.39 is 0 Å². The van der Waals surface area contributed by atoms with Gasteiger partial charge in [-0.05, 0) is 49.4 Å². The van der Waals surface area contributed by atoms with Gasteiger partial charge in [-0.3, -0.25) is 0 Å². The largest absolute Gasteiger partial charge is 0.314 e. The lowest BCUT2D eigenvalue weighted by Crippen LogP contribution is -2.33. The molecule has 0 heterocycles. The van der Waals surface area contributed by atoms with Gasteiger partial charge in [0.2, 0.25) is 0 Å². The zero-order chi connectivity index (χ0) is 12.9. The van der Waals surface area contributed by atoms with E-state index in [2.05, 4.69) is 33.0 Å². The minimum Gasteiger partial charge on any atom is -0.314 e. The molecule has 1 nitrogen and oxygen atoms in total. The van der Waals surface area contributed by atoms with Crippen molar-refractivity contribution in [3.63, 3.8) is 0 Å². The minimum absolute atomic E-state index is 0.00224. The molecule has 0 spiro atoms. The van der Waals surface area contributed by atoms with Crippen molar-refractivity contribution in [1.82, 2.24) is 5.32 Å². The Morgan fingerprint density at radius 1 is 1.35 bits per heavy atom. The predicted molar refractivity (Wildman–Crippen MR) is 71.8 cm³/mol. The Morgan fingerprint density at radius 2 is 2.06 bits per heavy atom. The van der Waals surface area contributed by atoms with Crippen molar-refractivity contribution in [3.8, 4) is 0 Å². The SMILES string of the molecule is CCCNC(C)CC(C)(C)c1cccc(F)c1. The topological polar surface area (TPSA) is 12.0 Å². The summed E-state index contributed by atoms with van der Waals surface area (Å²) < 4.78 is 13.2. The Balaban J connectivity index is 2.67. The molecule has 0 aliphatic heterocycles. The molecule has 1 aromatic carbocycles. The third kappa shape index (κ3) is 4.47. The molecule has 0 amide bonds. The molecule has 2 heteroatoms. The van der Waals surface area contributed by atoms with Gasteiger partial charge in [0.1, 0.15) is 5.82 Å². The lowest BCUT2D eigenvalue weighted by Gasteiger charge is -2.29. The fourth-order valence-corrected chi connectivity index (χ4v) is 2.26. The number of hydrogen-bond donors (Lipinski definition) is 1. The molecular weight excluding hydrogens is 213 g/mol. The summed E-state index contributed by atoms with van der Waals surface area (Å²) in [6.45, 7) is 9.74. The molecule has 1 rings (SSSR count). The molecule has 96 valence electrons. The van der Waals surface area contributed by atoms with Crippen LogP contribution in [0.15, 0.2) is 24.3 Å². The molecule has 0 radical (unpaired) electrons. The van der Waals surface area contributed by atoms with E-state index in [1.54, 1.807) is 12.1 Å². The van der Waals surface area contributed by atoms with Gasteiger partial charge in [-0.15, -0.1) is 0 Å². The van der Waals surface area contributed by atoms with Gasteiger partial charge < -0.3 is 5.32 Å². The molecule has 1 atom stereocenters. The van der Waals surface area contributed by atoms with E-state index >= 15 is 0 Å². The van der Waals surface area contributed by atoms with Crippen molar-refractivity contribution in [2.24, 2.45) is 0 Å². The van der Waals surface area contributed by atoms with Crippen molar-refractivity contribution < 1.29 is 4.39 Å². The maximum atomic E-state index is 13.2. The molecule has 0 saturated carbocycles. The van der Waals surface area contributed by atoms with E-state index in [0.29, 0.717) is 6.04 Å². The van der Waals surface area contributed by atoms with Gasteiger partial charge >= 0.3 is 0 Å². The Labute approximate surface area is 104 Å². The lowest BCUT2D eigenvalue weighted by molar-refractivity contribution is 0.388. The predicted octanol–water partition coefficient (Wildman–Crippen LogP) is 3.88. The second-order valence-electron chi connectivity index (χ2n) is 5.45. The highest BCUT2D eigenvalue weighted by atomic mass is 19.1. The van der Waals surface area contributed by atoms with Crippen LogP contribution in [-0.4, -0.2) is 12.6 Å². The normalized spacial score (nSPS) is 13.7. The second-order valence-corrected chi connectivity index (χ2v) is 5.45. The summed E-state index contributed by atoms with van der Waals surface area (Å²) in [6.07, 6.45) is 2.15. The van der Waals surface area contributed by atoms with Crippen molar-refractivity contribution in [3.05, 3.63) is 35.6 Å². The van der Waals surface area contributed by atoms with Crippen LogP contribution in [0.5, 0.6) is 0 Å². The number of rotatable bonds is 6. The monoisotopic (exact) mass is 237 g/mol. The molecule has 0 aliphatic carbocycles. The van der Waals surface area contributed by atoms with Gasteiger partial charge in [0, 0.05) is 6.04 Å². The van der Waals surface area contributed by atoms with Crippen LogP contribution in [0.1, 0.15) is 46.1 Å². The number of hydrogen-bond acceptors (Lipinski definition) is 1. The van der Waals surface area contributed by atoms with Crippen LogP contribution < -0.4 is 5.32 Å². The van der Waals surface area contributed by atoms with E-state index in [1.165, 1.54) is 6.07 Å². The summed E-state index contributed by atoms with van der Waals surface area (Å²) >= 11 is 0. The van der Waals surface area contributed by atoms with Gasteiger partial charge in [0.25, 0.3) is 0 Å². The summed E-state index contributed by atoms with van der Waals surface area (Å²) in [5.41, 5.74) is 1.07. The highest BCUT2D eigenvalue weighted by Gasteiger charge is 2.23. The van der Waals surface area contributed by atoms with Crippen LogP contribution in [-0.2, 0) is 5.41 Å². The molecule has 17 heavy (non-hydrogen) atoms. The van der Waals surface area contributed by atoms with Crippen LogP contribution in [0.25, 0.3) is 0 Å². The highest BCUT2D eigenvalue weighted by molar-refractivity contribution is 5.24. The maximum absolute atomic E-state index is 13.2. The average molecular weight is 237 g/mol. The van der Waals surface area contributed by atoms with Crippen molar-refractivity contribution >= 4 is 0 Å². The van der Waals surface area contributed by atoms with Crippen molar-refractivity contribution in [2.75, 3.05) is 6.54 Å².